The lowest BCUT2D eigenvalue weighted by atomic mass is 9.88. The molecule has 1 heterocycles. The highest BCUT2D eigenvalue weighted by molar-refractivity contribution is 5.82. The zero-order chi connectivity index (χ0) is 16.1. The number of carbonyl (C=O) groups is 1. The van der Waals surface area contributed by atoms with Crippen LogP contribution in [0, 0.1) is 5.41 Å². The molecule has 3 rings (SSSR count). The van der Waals surface area contributed by atoms with Crippen LogP contribution in [0.3, 0.4) is 0 Å². The van der Waals surface area contributed by atoms with Crippen molar-refractivity contribution in [2.45, 2.75) is 65.0 Å². The summed E-state index contributed by atoms with van der Waals surface area (Å²) in [6.45, 7) is 6.28. The Morgan fingerprint density at radius 2 is 1.61 bits per heavy atom. The molecule has 0 aromatic heterocycles. The molecule has 0 atom stereocenters. The second kappa shape index (κ2) is 7.48. The van der Waals surface area contributed by atoms with Crippen LogP contribution in [0.15, 0.2) is 24.3 Å². The molecule has 1 aromatic rings. The van der Waals surface area contributed by atoms with Crippen LogP contribution < -0.4 is 5.32 Å². The molecular weight excluding hydrogens is 284 g/mol. The first-order valence-electron chi connectivity index (χ1n) is 9.24. The van der Waals surface area contributed by atoms with E-state index < -0.39 is 0 Å². The molecule has 3 heteroatoms. The fourth-order valence-electron chi connectivity index (χ4n) is 3.92. The molecule has 1 amide bonds. The maximum atomic E-state index is 12.4. The Kier molecular flexibility index (Phi) is 5.37. The largest absolute Gasteiger partial charge is 0.352 e. The summed E-state index contributed by atoms with van der Waals surface area (Å²) < 4.78 is 0. The number of likely N-dealkylation sites (tertiary alicyclic amines) is 1. The Bertz CT molecular complexity index is 511. The molecule has 0 bridgehead atoms. The molecule has 1 saturated heterocycles. The van der Waals surface area contributed by atoms with Gasteiger partial charge in [-0.2, -0.15) is 0 Å². The number of rotatable bonds is 5. The summed E-state index contributed by atoms with van der Waals surface area (Å²) in [6, 6.07) is 8.76. The van der Waals surface area contributed by atoms with Crippen molar-refractivity contribution >= 4 is 5.91 Å². The average molecular weight is 314 g/mol. The number of benzene rings is 1. The molecule has 1 saturated carbocycles. The Morgan fingerprint density at radius 1 is 1.00 bits per heavy atom. The third-order valence-corrected chi connectivity index (χ3v) is 5.59. The van der Waals surface area contributed by atoms with Crippen molar-refractivity contribution in [2.24, 2.45) is 5.41 Å². The van der Waals surface area contributed by atoms with Crippen molar-refractivity contribution < 1.29 is 4.79 Å². The predicted molar refractivity (Wildman–Crippen MR) is 94.0 cm³/mol. The monoisotopic (exact) mass is 314 g/mol. The number of hydrogen-bond acceptors (Lipinski definition) is 2. The van der Waals surface area contributed by atoms with Crippen LogP contribution in [0.1, 0.15) is 63.0 Å². The molecule has 3 nitrogen and oxygen atoms in total. The summed E-state index contributed by atoms with van der Waals surface area (Å²) in [7, 11) is 0. The van der Waals surface area contributed by atoms with E-state index in [0.717, 1.165) is 19.4 Å². The lowest BCUT2D eigenvalue weighted by Crippen LogP contribution is -2.36. The van der Waals surface area contributed by atoms with Gasteiger partial charge in [0.1, 0.15) is 0 Å². The summed E-state index contributed by atoms with van der Waals surface area (Å²) in [5.41, 5.74) is 2.45. The van der Waals surface area contributed by atoms with Crippen LogP contribution in [0.2, 0.25) is 0 Å². The van der Waals surface area contributed by atoms with E-state index in [9.17, 15) is 4.79 Å². The molecule has 1 N–H and O–H groups in total. The van der Waals surface area contributed by atoms with E-state index in [1.807, 2.05) is 0 Å². The molecule has 126 valence electrons. The summed E-state index contributed by atoms with van der Waals surface area (Å²) >= 11 is 0. The first-order chi connectivity index (χ1) is 11.2. The van der Waals surface area contributed by atoms with E-state index in [4.69, 9.17) is 0 Å². The van der Waals surface area contributed by atoms with Crippen molar-refractivity contribution in [3.63, 3.8) is 0 Å². The molecule has 2 fully saturated rings. The third kappa shape index (κ3) is 4.35. The number of piperidine rings is 1. The number of nitrogens with one attached hydrogen (secondary N) is 1. The fraction of sp³-hybridized carbons (Fsp3) is 0.650. The summed E-state index contributed by atoms with van der Waals surface area (Å²) in [4.78, 5) is 14.9. The van der Waals surface area contributed by atoms with Gasteiger partial charge in [0.15, 0.2) is 0 Å². The molecule has 0 spiro atoms. The number of carbonyl (C=O) groups excluding carboxylic acids is 1. The Hall–Kier alpha value is -1.35. The van der Waals surface area contributed by atoms with Gasteiger partial charge in [0, 0.05) is 18.5 Å². The first-order valence-corrected chi connectivity index (χ1v) is 9.24. The van der Waals surface area contributed by atoms with Crippen LogP contribution in [0.25, 0.3) is 0 Å². The number of hydrogen-bond donors (Lipinski definition) is 1. The molecule has 1 aliphatic carbocycles. The van der Waals surface area contributed by atoms with Gasteiger partial charge >= 0.3 is 0 Å². The number of amides is 1. The molecule has 0 unspecified atom stereocenters. The second-order valence-electron chi connectivity index (χ2n) is 7.60. The minimum atomic E-state index is -0.131. The summed E-state index contributed by atoms with van der Waals surface area (Å²) in [5.74, 6) is 0.229. The van der Waals surface area contributed by atoms with Crippen LogP contribution in [-0.4, -0.2) is 23.9 Å². The van der Waals surface area contributed by atoms with Gasteiger partial charge in [-0.15, -0.1) is 0 Å². The normalized spacial score (nSPS) is 21.3. The summed E-state index contributed by atoms with van der Waals surface area (Å²) in [6.07, 6.45) is 8.51. The molecule has 0 radical (unpaired) electrons. The zero-order valence-electron chi connectivity index (χ0n) is 14.4. The van der Waals surface area contributed by atoms with Crippen LogP contribution in [0.5, 0.6) is 0 Å². The first kappa shape index (κ1) is 16.5. The van der Waals surface area contributed by atoms with Gasteiger partial charge < -0.3 is 5.32 Å². The Balaban J connectivity index is 1.48. The van der Waals surface area contributed by atoms with Gasteiger partial charge in [0.25, 0.3) is 0 Å². The van der Waals surface area contributed by atoms with E-state index in [0.29, 0.717) is 6.54 Å². The van der Waals surface area contributed by atoms with Crippen molar-refractivity contribution in [3.8, 4) is 0 Å². The smallest absolute Gasteiger partial charge is 0.226 e. The van der Waals surface area contributed by atoms with Gasteiger partial charge in [0.2, 0.25) is 5.91 Å². The fourth-order valence-corrected chi connectivity index (χ4v) is 3.92. The predicted octanol–water partition coefficient (Wildman–Crippen LogP) is 3.87. The molecular formula is C20H30N2O. The van der Waals surface area contributed by atoms with Crippen molar-refractivity contribution in [3.05, 3.63) is 35.4 Å². The zero-order valence-corrected chi connectivity index (χ0v) is 14.4. The van der Waals surface area contributed by atoms with Crippen LogP contribution in [0.4, 0.5) is 0 Å². The van der Waals surface area contributed by atoms with Gasteiger partial charge in [0.05, 0.1) is 0 Å². The maximum absolute atomic E-state index is 12.4. The van der Waals surface area contributed by atoms with Gasteiger partial charge in [-0.25, -0.2) is 0 Å². The molecule has 1 aliphatic heterocycles. The lowest BCUT2D eigenvalue weighted by molar-refractivity contribution is -0.130. The van der Waals surface area contributed by atoms with Crippen LogP contribution in [-0.2, 0) is 17.9 Å². The van der Waals surface area contributed by atoms with Crippen molar-refractivity contribution in [2.75, 3.05) is 13.1 Å². The second-order valence-corrected chi connectivity index (χ2v) is 7.60. The van der Waals surface area contributed by atoms with Crippen molar-refractivity contribution in [1.29, 1.82) is 0 Å². The van der Waals surface area contributed by atoms with Gasteiger partial charge in [-0.3, -0.25) is 9.69 Å². The quantitative estimate of drug-likeness (QED) is 0.895. The minimum absolute atomic E-state index is 0.131. The van der Waals surface area contributed by atoms with E-state index >= 15 is 0 Å². The van der Waals surface area contributed by atoms with Gasteiger partial charge in [-0.1, -0.05) is 50.5 Å². The number of nitrogens with zero attached hydrogens (tertiary/aromatic N) is 1. The third-order valence-electron chi connectivity index (χ3n) is 5.59. The molecule has 1 aromatic carbocycles. The Labute approximate surface area is 140 Å². The van der Waals surface area contributed by atoms with Crippen LogP contribution >= 0.6 is 0 Å². The van der Waals surface area contributed by atoms with E-state index in [2.05, 4.69) is 41.4 Å². The van der Waals surface area contributed by atoms with E-state index in [1.165, 1.54) is 56.3 Å². The topological polar surface area (TPSA) is 32.3 Å². The SMILES string of the molecule is CC1(C(=O)NCc2ccc(CN3CCCCC3)cc2)CCCC1. The standard InChI is InChI=1S/C20H30N2O/c1-20(11-3-4-12-20)19(23)21-15-17-7-9-18(10-8-17)16-22-13-5-2-6-14-22/h7-10H,2-6,11-16H2,1H3,(H,21,23). The molecule has 23 heavy (non-hydrogen) atoms. The highest BCUT2D eigenvalue weighted by Gasteiger charge is 2.35. The highest BCUT2D eigenvalue weighted by atomic mass is 16.2. The van der Waals surface area contributed by atoms with Crippen molar-refractivity contribution in [1.82, 2.24) is 10.2 Å². The van der Waals surface area contributed by atoms with E-state index in [-0.39, 0.29) is 11.3 Å². The highest BCUT2D eigenvalue weighted by Crippen LogP contribution is 2.37. The average Bonchev–Trinajstić information content (AvgIpc) is 3.03. The van der Waals surface area contributed by atoms with E-state index in [1.54, 1.807) is 0 Å². The summed E-state index contributed by atoms with van der Waals surface area (Å²) in [5, 5.41) is 3.13. The maximum Gasteiger partial charge on any atom is 0.226 e. The Morgan fingerprint density at radius 3 is 2.26 bits per heavy atom. The lowest BCUT2D eigenvalue weighted by Gasteiger charge is -2.26. The molecule has 2 aliphatic rings. The minimum Gasteiger partial charge on any atom is -0.352 e. The van der Waals surface area contributed by atoms with Gasteiger partial charge in [-0.05, 0) is 49.9 Å².